The van der Waals surface area contributed by atoms with E-state index in [0.717, 1.165) is 24.3 Å². The van der Waals surface area contributed by atoms with Gasteiger partial charge in [0.15, 0.2) is 0 Å². The van der Waals surface area contributed by atoms with Crippen molar-refractivity contribution in [1.82, 2.24) is 10.3 Å². The number of nitrogens with zero attached hydrogens (tertiary/aromatic N) is 1. The van der Waals surface area contributed by atoms with Crippen LogP contribution in [0.2, 0.25) is 0 Å². The van der Waals surface area contributed by atoms with Crippen molar-refractivity contribution in [3.8, 4) is 10.6 Å². The Bertz CT molecular complexity index is 760. The van der Waals surface area contributed by atoms with Crippen LogP contribution in [0.15, 0.2) is 41.8 Å². The van der Waals surface area contributed by atoms with Gasteiger partial charge in [0.1, 0.15) is 0 Å². The van der Waals surface area contributed by atoms with E-state index in [9.17, 15) is 0 Å². The Hall–Kier alpha value is -1.71. The Morgan fingerprint density at radius 3 is 2.77 bits per heavy atom. The van der Waals surface area contributed by atoms with Crippen LogP contribution in [0, 0.1) is 12.8 Å². The number of benzene rings is 1. The Balaban J connectivity index is 2.05. The summed E-state index contributed by atoms with van der Waals surface area (Å²) in [6.45, 7) is 8.48. The second-order valence-electron chi connectivity index (χ2n) is 6.14. The van der Waals surface area contributed by atoms with Crippen molar-refractivity contribution < 1.29 is 0 Å². The first kappa shape index (κ1) is 15.2. The summed E-state index contributed by atoms with van der Waals surface area (Å²) in [5.74, 6) is 0.654. The molecule has 0 amide bonds. The smallest absolute Gasteiger partial charge is 0.0854 e. The van der Waals surface area contributed by atoms with Gasteiger partial charge in [-0.15, -0.1) is 11.3 Å². The van der Waals surface area contributed by atoms with Crippen LogP contribution >= 0.6 is 11.3 Å². The van der Waals surface area contributed by atoms with Gasteiger partial charge in [0.05, 0.1) is 16.1 Å². The molecule has 0 aliphatic heterocycles. The van der Waals surface area contributed by atoms with Gasteiger partial charge in [0, 0.05) is 11.9 Å². The molecule has 0 unspecified atom stereocenters. The molecule has 0 aliphatic carbocycles. The van der Waals surface area contributed by atoms with Crippen LogP contribution in [-0.2, 0) is 6.54 Å². The summed E-state index contributed by atoms with van der Waals surface area (Å²) in [5, 5.41) is 6.89. The number of thiophene rings is 1. The lowest BCUT2D eigenvalue weighted by Crippen LogP contribution is -2.19. The number of nitrogens with one attached hydrogen (secondary N) is 1. The van der Waals surface area contributed by atoms with Crippen LogP contribution in [0.4, 0.5) is 0 Å². The van der Waals surface area contributed by atoms with Crippen molar-refractivity contribution in [2.24, 2.45) is 5.92 Å². The van der Waals surface area contributed by atoms with E-state index in [4.69, 9.17) is 4.98 Å². The molecule has 2 aromatic heterocycles. The zero-order valence-electron chi connectivity index (χ0n) is 13.4. The van der Waals surface area contributed by atoms with Gasteiger partial charge in [0.25, 0.3) is 0 Å². The SMILES string of the molecule is Cc1cccc2cc(CNCC(C)C)c(-c3cccs3)nc12. The number of para-hydroxylation sites is 1. The first-order chi connectivity index (χ1) is 10.6. The highest BCUT2D eigenvalue weighted by molar-refractivity contribution is 7.13. The summed E-state index contributed by atoms with van der Waals surface area (Å²) in [6.07, 6.45) is 0. The molecular weight excluding hydrogens is 288 g/mol. The minimum absolute atomic E-state index is 0.654. The predicted octanol–water partition coefficient (Wildman–Crippen LogP) is 5.02. The topological polar surface area (TPSA) is 24.9 Å². The van der Waals surface area contributed by atoms with E-state index >= 15 is 0 Å². The summed E-state index contributed by atoms with van der Waals surface area (Å²) in [6, 6.07) is 12.9. The lowest BCUT2D eigenvalue weighted by atomic mass is 10.1. The summed E-state index contributed by atoms with van der Waals surface area (Å²) in [7, 11) is 0. The van der Waals surface area contributed by atoms with Crippen LogP contribution < -0.4 is 5.32 Å². The molecule has 3 rings (SSSR count). The summed E-state index contributed by atoms with van der Waals surface area (Å²) in [4.78, 5) is 6.23. The van der Waals surface area contributed by atoms with Gasteiger partial charge in [-0.1, -0.05) is 38.1 Å². The third kappa shape index (κ3) is 3.21. The zero-order valence-corrected chi connectivity index (χ0v) is 14.2. The van der Waals surface area contributed by atoms with Gasteiger partial charge in [-0.3, -0.25) is 0 Å². The summed E-state index contributed by atoms with van der Waals surface area (Å²) >= 11 is 1.75. The van der Waals surface area contributed by atoms with Gasteiger partial charge in [-0.2, -0.15) is 0 Å². The highest BCUT2D eigenvalue weighted by Crippen LogP contribution is 2.30. The molecule has 1 aromatic carbocycles. The number of hydrogen-bond acceptors (Lipinski definition) is 3. The van der Waals surface area contributed by atoms with E-state index in [0.29, 0.717) is 5.92 Å². The molecule has 22 heavy (non-hydrogen) atoms. The van der Waals surface area contributed by atoms with E-state index < -0.39 is 0 Å². The normalized spacial score (nSPS) is 11.5. The molecule has 0 saturated heterocycles. The number of pyridine rings is 1. The van der Waals surface area contributed by atoms with Crippen molar-refractivity contribution in [1.29, 1.82) is 0 Å². The van der Waals surface area contributed by atoms with Crippen molar-refractivity contribution >= 4 is 22.2 Å². The van der Waals surface area contributed by atoms with E-state index in [1.165, 1.54) is 21.4 Å². The fourth-order valence-corrected chi connectivity index (χ4v) is 3.40. The van der Waals surface area contributed by atoms with Gasteiger partial charge < -0.3 is 5.32 Å². The van der Waals surface area contributed by atoms with Gasteiger partial charge in [-0.25, -0.2) is 4.98 Å². The van der Waals surface area contributed by atoms with Crippen molar-refractivity contribution in [2.75, 3.05) is 6.54 Å². The fourth-order valence-electron chi connectivity index (χ4n) is 2.65. The van der Waals surface area contributed by atoms with Crippen LogP contribution in [0.1, 0.15) is 25.0 Å². The molecule has 114 valence electrons. The quantitative estimate of drug-likeness (QED) is 0.716. The Kier molecular flexibility index (Phi) is 4.55. The van der Waals surface area contributed by atoms with E-state index in [1.807, 2.05) is 0 Å². The Morgan fingerprint density at radius 1 is 1.18 bits per heavy atom. The lowest BCUT2D eigenvalue weighted by molar-refractivity contribution is 0.552. The molecule has 0 fully saturated rings. The molecule has 3 heteroatoms. The van der Waals surface area contributed by atoms with Crippen molar-refractivity contribution in [2.45, 2.75) is 27.3 Å². The monoisotopic (exact) mass is 310 g/mol. The predicted molar refractivity (Wildman–Crippen MR) is 96.3 cm³/mol. The van der Waals surface area contributed by atoms with Gasteiger partial charge in [0.2, 0.25) is 0 Å². The maximum Gasteiger partial charge on any atom is 0.0854 e. The highest BCUT2D eigenvalue weighted by Gasteiger charge is 2.11. The summed E-state index contributed by atoms with van der Waals surface area (Å²) in [5.41, 5.74) is 4.74. The molecule has 0 spiro atoms. The Morgan fingerprint density at radius 2 is 2.05 bits per heavy atom. The minimum Gasteiger partial charge on any atom is -0.312 e. The number of rotatable bonds is 5. The molecule has 0 saturated carbocycles. The third-order valence-corrected chi connectivity index (χ3v) is 4.63. The average molecular weight is 310 g/mol. The number of aromatic nitrogens is 1. The van der Waals surface area contributed by atoms with E-state index in [1.54, 1.807) is 11.3 Å². The standard InChI is InChI=1S/C19H22N2S/c1-13(2)11-20-12-16-10-15-7-4-6-14(3)18(15)21-19(16)17-8-5-9-22-17/h4-10,13,20H,11-12H2,1-3H3. The van der Waals surface area contributed by atoms with Gasteiger partial charge >= 0.3 is 0 Å². The van der Waals surface area contributed by atoms with Crippen molar-refractivity contribution in [3.05, 3.63) is 52.9 Å². The molecule has 0 bridgehead atoms. The second-order valence-corrected chi connectivity index (χ2v) is 7.09. The van der Waals surface area contributed by atoms with Crippen LogP contribution in [0.25, 0.3) is 21.5 Å². The molecule has 0 radical (unpaired) electrons. The molecule has 2 nitrogen and oxygen atoms in total. The number of hydrogen-bond donors (Lipinski definition) is 1. The van der Waals surface area contributed by atoms with Crippen LogP contribution in [-0.4, -0.2) is 11.5 Å². The maximum absolute atomic E-state index is 4.99. The lowest BCUT2D eigenvalue weighted by Gasteiger charge is -2.13. The third-order valence-electron chi connectivity index (χ3n) is 3.75. The first-order valence-electron chi connectivity index (χ1n) is 7.79. The van der Waals surface area contributed by atoms with E-state index in [-0.39, 0.29) is 0 Å². The van der Waals surface area contributed by atoms with Crippen molar-refractivity contribution in [3.63, 3.8) is 0 Å². The average Bonchev–Trinajstić information content (AvgIpc) is 3.01. The van der Waals surface area contributed by atoms with Crippen LogP contribution in [0.5, 0.6) is 0 Å². The van der Waals surface area contributed by atoms with Gasteiger partial charge in [-0.05, 0) is 48.0 Å². The second kappa shape index (κ2) is 6.59. The maximum atomic E-state index is 4.99. The molecule has 0 aliphatic rings. The molecule has 1 N–H and O–H groups in total. The molecular formula is C19H22N2S. The molecule has 3 aromatic rings. The molecule has 0 atom stereocenters. The highest BCUT2D eigenvalue weighted by atomic mass is 32.1. The Labute approximate surface area is 136 Å². The first-order valence-corrected chi connectivity index (χ1v) is 8.67. The summed E-state index contributed by atoms with van der Waals surface area (Å²) < 4.78 is 0. The van der Waals surface area contributed by atoms with E-state index in [2.05, 4.69) is 67.9 Å². The molecule has 2 heterocycles. The number of fused-ring (bicyclic) bond motifs is 1. The van der Waals surface area contributed by atoms with Crippen LogP contribution in [0.3, 0.4) is 0 Å². The number of aryl methyl sites for hydroxylation is 1. The largest absolute Gasteiger partial charge is 0.312 e. The minimum atomic E-state index is 0.654. The zero-order chi connectivity index (χ0) is 15.5. The fraction of sp³-hybridized carbons (Fsp3) is 0.316.